The smallest absolute Gasteiger partial charge is 0.126 e. The molecule has 78 valence electrons. The lowest BCUT2D eigenvalue weighted by molar-refractivity contribution is 0.234. The van der Waals surface area contributed by atoms with Crippen LogP contribution in [0.2, 0.25) is 5.02 Å². The van der Waals surface area contributed by atoms with Crippen LogP contribution < -0.4 is 0 Å². The number of aliphatic hydroxyl groups excluding tert-OH is 1. The van der Waals surface area contributed by atoms with Crippen LogP contribution in [0.1, 0.15) is 25.3 Å². The van der Waals surface area contributed by atoms with E-state index in [0.717, 1.165) is 0 Å². The molecular weight excluding hydrogens is 203 g/mol. The minimum Gasteiger partial charge on any atom is -0.396 e. The molecule has 1 unspecified atom stereocenters. The average Bonchev–Trinajstić information content (AvgIpc) is 2.11. The molecular formula is C11H14ClFO. The molecule has 0 amide bonds. The summed E-state index contributed by atoms with van der Waals surface area (Å²) >= 11 is 5.77. The van der Waals surface area contributed by atoms with Gasteiger partial charge in [-0.3, -0.25) is 0 Å². The molecule has 0 saturated carbocycles. The summed E-state index contributed by atoms with van der Waals surface area (Å²) < 4.78 is 13.4. The maximum absolute atomic E-state index is 13.4. The molecule has 0 saturated heterocycles. The minimum atomic E-state index is -0.304. The first-order chi connectivity index (χ1) is 6.56. The standard InChI is InChI=1S/C11H14ClFO/c1-7(2)10(6-14)9-5-8(12)3-4-11(9)13/h3-5,7,10,14H,6H2,1-2H3. The van der Waals surface area contributed by atoms with Gasteiger partial charge in [0, 0.05) is 10.9 Å². The summed E-state index contributed by atoms with van der Waals surface area (Å²) in [4.78, 5) is 0. The van der Waals surface area contributed by atoms with E-state index < -0.39 is 0 Å². The maximum atomic E-state index is 13.4. The van der Waals surface area contributed by atoms with Crippen molar-refractivity contribution in [1.82, 2.24) is 0 Å². The SMILES string of the molecule is CC(C)C(CO)c1cc(Cl)ccc1F. The summed E-state index contributed by atoms with van der Waals surface area (Å²) in [5, 5.41) is 9.66. The van der Waals surface area contributed by atoms with Gasteiger partial charge in [-0.2, -0.15) is 0 Å². The fourth-order valence-electron chi connectivity index (χ4n) is 1.47. The van der Waals surface area contributed by atoms with Crippen molar-refractivity contribution >= 4 is 11.6 Å². The fourth-order valence-corrected chi connectivity index (χ4v) is 1.65. The lowest BCUT2D eigenvalue weighted by Gasteiger charge is -2.19. The van der Waals surface area contributed by atoms with Crippen molar-refractivity contribution in [3.05, 3.63) is 34.6 Å². The summed E-state index contributed by atoms with van der Waals surface area (Å²) in [6.45, 7) is 3.83. The molecule has 1 aromatic rings. The van der Waals surface area contributed by atoms with Gasteiger partial charge in [0.25, 0.3) is 0 Å². The molecule has 0 aliphatic carbocycles. The Morgan fingerprint density at radius 1 is 1.43 bits per heavy atom. The second-order valence-corrected chi connectivity index (χ2v) is 4.14. The molecule has 0 bridgehead atoms. The third-order valence-electron chi connectivity index (χ3n) is 2.36. The maximum Gasteiger partial charge on any atom is 0.126 e. The topological polar surface area (TPSA) is 20.2 Å². The number of rotatable bonds is 3. The zero-order valence-corrected chi connectivity index (χ0v) is 9.05. The van der Waals surface area contributed by atoms with Gasteiger partial charge in [-0.1, -0.05) is 25.4 Å². The lowest BCUT2D eigenvalue weighted by atomic mass is 9.89. The van der Waals surface area contributed by atoms with Crippen molar-refractivity contribution in [2.24, 2.45) is 5.92 Å². The van der Waals surface area contributed by atoms with Gasteiger partial charge in [0.1, 0.15) is 5.82 Å². The van der Waals surface area contributed by atoms with E-state index in [0.29, 0.717) is 10.6 Å². The Morgan fingerprint density at radius 2 is 2.07 bits per heavy atom. The van der Waals surface area contributed by atoms with Crippen LogP contribution in [0.15, 0.2) is 18.2 Å². The highest BCUT2D eigenvalue weighted by Crippen LogP contribution is 2.28. The predicted octanol–water partition coefficient (Wildman–Crippen LogP) is 3.21. The molecule has 0 fully saturated rings. The van der Waals surface area contributed by atoms with E-state index in [-0.39, 0.29) is 24.3 Å². The zero-order chi connectivity index (χ0) is 10.7. The van der Waals surface area contributed by atoms with Crippen LogP contribution in [0.4, 0.5) is 4.39 Å². The third kappa shape index (κ3) is 2.46. The Bertz CT molecular complexity index is 312. The Hall–Kier alpha value is -0.600. The van der Waals surface area contributed by atoms with E-state index >= 15 is 0 Å². The normalized spacial score (nSPS) is 13.3. The number of benzene rings is 1. The van der Waals surface area contributed by atoms with Crippen molar-refractivity contribution in [1.29, 1.82) is 0 Å². The van der Waals surface area contributed by atoms with Gasteiger partial charge < -0.3 is 5.11 Å². The summed E-state index contributed by atoms with van der Waals surface area (Å²) in [6, 6.07) is 4.43. The van der Waals surface area contributed by atoms with E-state index in [1.54, 1.807) is 6.07 Å². The first kappa shape index (κ1) is 11.5. The van der Waals surface area contributed by atoms with Crippen molar-refractivity contribution in [2.75, 3.05) is 6.61 Å². The number of halogens is 2. The molecule has 0 spiro atoms. The average molecular weight is 217 g/mol. The highest BCUT2D eigenvalue weighted by Gasteiger charge is 2.18. The molecule has 1 nitrogen and oxygen atoms in total. The summed E-state index contributed by atoms with van der Waals surface area (Å²) in [5.74, 6) is -0.302. The molecule has 1 rings (SSSR count). The Labute approximate surface area is 88.5 Å². The van der Waals surface area contributed by atoms with Crippen LogP contribution in [0.25, 0.3) is 0 Å². The second-order valence-electron chi connectivity index (χ2n) is 3.70. The molecule has 1 aromatic carbocycles. The number of aliphatic hydroxyl groups is 1. The molecule has 3 heteroatoms. The predicted molar refractivity (Wildman–Crippen MR) is 56.1 cm³/mol. The van der Waals surface area contributed by atoms with Crippen molar-refractivity contribution < 1.29 is 9.50 Å². The van der Waals surface area contributed by atoms with Gasteiger partial charge >= 0.3 is 0 Å². The van der Waals surface area contributed by atoms with E-state index in [1.165, 1.54) is 12.1 Å². The molecule has 0 aliphatic heterocycles. The first-order valence-corrected chi connectivity index (χ1v) is 5.00. The Balaban J connectivity index is 3.08. The lowest BCUT2D eigenvalue weighted by Crippen LogP contribution is -2.12. The van der Waals surface area contributed by atoms with Crippen molar-refractivity contribution in [3.63, 3.8) is 0 Å². The molecule has 0 heterocycles. The summed E-state index contributed by atoms with van der Waals surface area (Å²) in [5.41, 5.74) is 0.495. The third-order valence-corrected chi connectivity index (χ3v) is 2.59. The monoisotopic (exact) mass is 216 g/mol. The van der Waals surface area contributed by atoms with Gasteiger partial charge in [-0.25, -0.2) is 4.39 Å². The second kappa shape index (κ2) is 4.76. The van der Waals surface area contributed by atoms with E-state index in [4.69, 9.17) is 16.7 Å². The van der Waals surface area contributed by atoms with Crippen LogP contribution >= 0.6 is 11.6 Å². The number of hydrogen-bond donors (Lipinski definition) is 1. The van der Waals surface area contributed by atoms with Crippen LogP contribution in [0, 0.1) is 11.7 Å². The van der Waals surface area contributed by atoms with Crippen LogP contribution in [0.5, 0.6) is 0 Å². The fraction of sp³-hybridized carbons (Fsp3) is 0.455. The van der Waals surface area contributed by atoms with Gasteiger partial charge in [0.05, 0.1) is 6.61 Å². The van der Waals surface area contributed by atoms with Crippen molar-refractivity contribution in [3.8, 4) is 0 Å². The van der Waals surface area contributed by atoms with Gasteiger partial charge in [-0.15, -0.1) is 0 Å². The van der Waals surface area contributed by atoms with Crippen LogP contribution in [-0.2, 0) is 0 Å². The molecule has 14 heavy (non-hydrogen) atoms. The largest absolute Gasteiger partial charge is 0.396 e. The quantitative estimate of drug-likeness (QED) is 0.823. The Kier molecular flexibility index (Phi) is 3.90. The summed E-state index contributed by atoms with van der Waals surface area (Å²) in [6.07, 6.45) is 0. The molecule has 0 aliphatic rings. The van der Waals surface area contributed by atoms with Crippen molar-refractivity contribution in [2.45, 2.75) is 19.8 Å². The van der Waals surface area contributed by atoms with Crippen LogP contribution in [0.3, 0.4) is 0 Å². The Morgan fingerprint density at radius 3 is 2.57 bits per heavy atom. The zero-order valence-electron chi connectivity index (χ0n) is 8.30. The highest BCUT2D eigenvalue weighted by atomic mass is 35.5. The first-order valence-electron chi connectivity index (χ1n) is 4.62. The van der Waals surface area contributed by atoms with E-state index in [9.17, 15) is 4.39 Å². The van der Waals surface area contributed by atoms with Gasteiger partial charge in [0.15, 0.2) is 0 Å². The molecule has 1 atom stereocenters. The minimum absolute atomic E-state index is 0.0606. The summed E-state index contributed by atoms with van der Waals surface area (Å²) in [7, 11) is 0. The molecule has 0 radical (unpaired) electrons. The number of hydrogen-bond acceptors (Lipinski definition) is 1. The van der Waals surface area contributed by atoms with Gasteiger partial charge in [-0.05, 0) is 29.7 Å². The van der Waals surface area contributed by atoms with Gasteiger partial charge in [0.2, 0.25) is 0 Å². The molecule has 0 aromatic heterocycles. The molecule has 1 N–H and O–H groups in total. The highest BCUT2D eigenvalue weighted by molar-refractivity contribution is 6.30. The van der Waals surface area contributed by atoms with Crippen LogP contribution in [-0.4, -0.2) is 11.7 Å². The van der Waals surface area contributed by atoms with E-state index in [1.807, 2.05) is 13.8 Å². The van der Waals surface area contributed by atoms with E-state index in [2.05, 4.69) is 0 Å².